The molecule has 0 aliphatic heterocycles. The topological polar surface area (TPSA) is 75.4 Å². The van der Waals surface area contributed by atoms with Crippen molar-refractivity contribution >= 4 is 33.3 Å². The van der Waals surface area contributed by atoms with E-state index in [0.29, 0.717) is 17.9 Å². The standard InChI is InChI=1S/C14H13BrN2O2/c15-12-4-2-1-3-9(12)8-17-13-7-10(16)5-6-11(13)14(18)19/h1-7,17H,8,16H2,(H,18,19). The lowest BCUT2D eigenvalue weighted by Crippen LogP contribution is -2.07. The summed E-state index contributed by atoms with van der Waals surface area (Å²) in [4.78, 5) is 11.1. The van der Waals surface area contributed by atoms with Gasteiger partial charge in [-0.25, -0.2) is 4.79 Å². The summed E-state index contributed by atoms with van der Waals surface area (Å²) in [6.07, 6.45) is 0. The molecule has 0 atom stereocenters. The van der Waals surface area contributed by atoms with Crippen LogP contribution in [0.25, 0.3) is 0 Å². The molecular formula is C14H13BrN2O2. The fourth-order valence-electron chi connectivity index (χ4n) is 1.73. The number of nitrogens with one attached hydrogen (secondary N) is 1. The van der Waals surface area contributed by atoms with Gasteiger partial charge in [0.15, 0.2) is 0 Å². The Labute approximate surface area is 119 Å². The molecule has 0 aliphatic rings. The molecule has 0 bridgehead atoms. The Hall–Kier alpha value is -2.01. The van der Waals surface area contributed by atoms with E-state index in [9.17, 15) is 4.79 Å². The molecule has 0 saturated heterocycles. The van der Waals surface area contributed by atoms with E-state index in [1.165, 1.54) is 6.07 Å². The van der Waals surface area contributed by atoms with Crippen LogP contribution in [0.4, 0.5) is 11.4 Å². The summed E-state index contributed by atoms with van der Waals surface area (Å²) >= 11 is 3.45. The van der Waals surface area contributed by atoms with Crippen molar-refractivity contribution < 1.29 is 9.90 Å². The lowest BCUT2D eigenvalue weighted by atomic mass is 10.1. The van der Waals surface area contributed by atoms with Gasteiger partial charge in [0.05, 0.1) is 11.3 Å². The first kappa shape index (κ1) is 13.4. The Balaban J connectivity index is 2.22. The number of benzene rings is 2. The monoisotopic (exact) mass is 320 g/mol. The van der Waals surface area contributed by atoms with Gasteiger partial charge >= 0.3 is 5.97 Å². The Kier molecular flexibility index (Phi) is 4.06. The Morgan fingerprint density at radius 2 is 2.00 bits per heavy atom. The van der Waals surface area contributed by atoms with E-state index in [2.05, 4.69) is 21.2 Å². The fourth-order valence-corrected chi connectivity index (χ4v) is 2.15. The number of anilines is 2. The predicted molar refractivity (Wildman–Crippen MR) is 79.3 cm³/mol. The summed E-state index contributed by atoms with van der Waals surface area (Å²) in [5.74, 6) is -0.977. The molecule has 0 spiro atoms. The summed E-state index contributed by atoms with van der Waals surface area (Å²) in [6.45, 7) is 0.519. The van der Waals surface area contributed by atoms with Gasteiger partial charge in [-0.2, -0.15) is 0 Å². The predicted octanol–water partition coefficient (Wildman–Crippen LogP) is 3.34. The third-order valence-electron chi connectivity index (χ3n) is 2.70. The molecule has 4 N–H and O–H groups in total. The molecule has 2 aromatic carbocycles. The number of halogens is 1. The van der Waals surface area contributed by atoms with Crippen molar-refractivity contribution in [2.45, 2.75) is 6.54 Å². The second kappa shape index (κ2) is 5.75. The van der Waals surface area contributed by atoms with Crippen LogP contribution >= 0.6 is 15.9 Å². The van der Waals surface area contributed by atoms with Crippen LogP contribution in [-0.4, -0.2) is 11.1 Å². The number of carboxylic acids is 1. The highest BCUT2D eigenvalue weighted by Crippen LogP contribution is 2.22. The highest BCUT2D eigenvalue weighted by Gasteiger charge is 2.10. The molecule has 0 unspecified atom stereocenters. The lowest BCUT2D eigenvalue weighted by molar-refractivity contribution is 0.0698. The van der Waals surface area contributed by atoms with Crippen LogP contribution in [0, 0.1) is 0 Å². The van der Waals surface area contributed by atoms with Crippen molar-refractivity contribution in [3.8, 4) is 0 Å². The van der Waals surface area contributed by atoms with Crippen LogP contribution in [0.1, 0.15) is 15.9 Å². The highest BCUT2D eigenvalue weighted by molar-refractivity contribution is 9.10. The van der Waals surface area contributed by atoms with Gasteiger partial charge in [0.25, 0.3) is 0 Å². The minimum absolute atomic E-state index is 0.209. The molecule has 2 rings (SSSR count). The fraction of sp³-hybridized carbons (Fsp3) is 0.0714. The summed E-state index contributed by atoms with van der Waals surface area (Å²) in [5, 5.41) is 12.2. The molecule has 0 aliphatic carbocycles. The van der Waals surface area contributed by atoms with Crippen LogP contribution in [0.5, 0.6) is 0 Å². The maximum atomic E-state index is 11.1. The smallest absolute Gasteiger partial charge is 0.337 e. The van der Waals surface area contributed by atoms with Crippen molar-refractivity contribution in [2.24, 2.45) is 0 Å². The van der Waals surface area contributed by atoms with Crippen LogP contribution < -0.4 is 11.1 Å². The zero-order chi connectivity index (χ0) is 13.8. The van der Waals surface area contributed by atoms with E-state index in [4.69, 9.17) is 10.8 Å². The number of nitrogens with two attached hydrogens (primary N) is 1. The average Bonchev–Trinajstić information content (AvgIpc) is 2.37. The summed E-state index contributed by atoms with van der Waals surface area (Å²) in [5.41, 5.74) is 7.98. The maximum absolute atomic E-state index is 11.1. The third-order valence-corrected chi connectivity index (χ3v) is 3.47. The number of nitrogen functional groups attached to an aromatic ring is 1. The van der Waals surface area contributed by atoms with Crippen molar-refractivity contribution in [3.63, 3.8) is 0 Å². The van der Waals surface area contributed by atoms with Crippen molar-refractivity contribution in [1.82, 2.24) is 0 Å². The quantitative estimate of drug-likeness (QED) is 0.755. The van der Waals surface area contributed by atoms with Crippen molar-refractivity contribution in [2.75, 3.05) is 11.1 Å². The average molecular weight is 321 g/mol. The van der Waals surface area contributed by atoms with Crippen molar-refractivity contribution in [1.29, 1.82) is 0 Å². The first-order valence-corrected chi connectivity index (χ1v) is 6.47. The molecule has 0 saturated carbocycles. The van der Waals surface area contributed by atoms with Crippen LogP contribution in [-0.2, 0) is 6.54 Å². The van der Waals surface area contributed by atoms with E-state index < -0.39 is 5.97 Å². The number of carbonyl (C=O) groups is 1. The number of aromatic carboxylic acids is 1. The molecule has 98 valence electrons. The first-order chi connectivity index (χ1) is 9.08. The van der Waals surface area contributed by atoms with Gasteiger partial charge in [0.1, 0.15) is 0 Å². The second-order valence-corrected chi connectivity index (χ2v) is 4.91. The molecule has 19 heavy (non-hydrogen) atoms. The van der Waals surface area contributed by atoms with Gasteiger partial charge in [-0.1, -0.05) is 34.1 Å². The maximum Gasteiger partial charge on any atom is 0.337 e. The number of rotatable bonds is 4. The van der Waals surface area contributed by atoms with Gasteiger partial charge in [0, 0.05) is 16.7 Å². The van der Waals surface area contributed by atoms with Gasteiger partial charge in [-0.3, -0.25) is 0 Å². The van der Waals surface area contributed by atoms with Gasteiger partial charge in [-0.15, -0.1) is 0 Å². The number of hydrogen-bond donors (Lipinski definition) is 3. The Morgan fingerprint density at radius 1 is 1.26 bits per heavy atom. The minimum Gasteiger partial charge on any atom is -0.478 e. The van der Waals surface area contributed by atoms with Crippen LogP contribution in [0.3, 0.4) is 0 Å². The van der Waals surface area contributed by atoms with E-state index in [-0.39, 0.29) is 5.56 Å². The van der Waals surface area contributed by atoms with Gasteiger partial charge in [-0.05, 0) is 29.8 Å². The molecule has 2 aromatic rings. The summed E-state index contributed by atoms with van der Waals surface area (Å²) < 4.78 is 0.975. The lowest BCUT2D eigenvalue weighted by Gasteiger charge is -2.11. The molecule has 0 amide bonds. The SMILES string of the molecule is Nc1ccc(C(=O)O)c(NCc2ccccc2Br)c1. The zero-order valence-corrected chi connectivity index (χ0v) is 11.6. The Bertz CT molecular complexity index is 614. The van der Waals surface area contributed by atoms with Crippen LogP contribution in [0.15, 0.2) is 46.9 Å². The molecule has 5 heteroatoms. The largest absolute Gasteiger partial charge is 0.478 e. The molecular weight excluding hydrogens is 308 g/mol. The molecule has 0 heterocycles. The van der Waals surface area contributed by atoms with Gasteiger partial charge < -0.3 is 16.2 Å². The molecule has 4 nitrogen and oxygen atoms in total. The Morgan fingerprint density at radius 3 is 2.68 bits per heavy atom. The number of hydrogen-bond acceptors (Lipinski definition) is 3. The van der Waals surface area contributed by atoms with Gasteiger partial charge in [0.2, 0.25) is 0 Å². The summed E-state index contributed by atoms with van der Waals surface area (Å²) in [6, 6.07) is 12.5. The number of carboxylic acid groups (broad SMARTS) is 1. The van der Waals surface area contributed by atoms with E-state index >= 15 is 0 Å². The first-order valence-electron chi connectivity index (χ1n) is 5.68. The molecule has 0 aromatic heterocycles. The highest BCUT2D eigenvalue weighted by atomic mass is 79.9. The third kappa shape index (κ3) is 3.26. The van der Waals surface area contributed by atoms with E-state index in [0.717, 1.165) is 10.0 Å². The van der Waals surface area contributed by atoms with E-state index in [1.807, 2.05) is 24.3 Å². The van der Waals surface area contributed by atoms with E-state index in [1.54, 1.807) is 12.1 Å². The van der Waals surface area contributed by atoms with Crippen LogP contribution in [0.2, 0.25) is 0 Å². The normalized spacial score (nSPS) is 10.2. The zero-order valence-electron chi connectivity index (χ0n) is 10.1. The van der Waals surface area contributed by atoms with Crippen molar-refractivity contribution in [3.05, 3.63) is 58.1 Å². The molecule has 0 radical (unpaired) electrons. The molecule has 0 fully saturated rings. The summed E-state index contributed by atoms with van der Waals surface area (Å²) in [7, 11) is 0. The minimum atomic E-state index is -0.977. The second-order valence-electron chi connectivity index (χ2n) is 4.06.